The van der Waals surface area contributed by atoms with Crippen LogP contribution >= 0.6 is 0 Å². The Morgan fingerprint density at radius 1 is 1.11 bits per heavy atom. The minimum absolute atomic E-state index is 0.0791. The Morgan fingerprint density at radius 3 is 2.11 bits per heavy atom. The predicted molar refractivity (Wildman–Crippen MR) is 98.9 cm³/mol. The highest BCUT2D eigenvalue weighted by Gasteiger charge is 2.52. The molecule has 2 aliphatic heterocycles. The Balaban J connectivity index is 0.00000126. The summed E-state index contributed by atoms with van der Waals surface area (Å²) in [7, 11) is -0.750. The molecule has 2 aliphatic rings. The molecular formula is C19H27BF3NO3. The second kappa shape index (κ2) is 7.47. The Morgan fingerprint density at radius 2 is 1.67 bits per heavy atom. The zero-order valence-electron chi connectivity index (χ0n) is 16.7. The van der Waals surface area contributed by atoms with Gasteiger partial charge in [-0.25, -0.2) is 13.2 Å². The summed E-state index contributed by atoms with van der Waals surface area (Å²) in [6.45, 7) is 10.8. The fraction of sp³-hybridized carbons (Fsp3) is 0.632. The molecule has 1 aromatic rings. The van der Waals surface area contributed by atoms with Crippen molar-refractivity contribution in [3.05, 3.63) is 29.6 Å². The first-order chi connectivity index (χ1) is 12.4. The van der Waals surface area contributed by atoms with Crippen LogP contribution in [0.2, 0.25) is 0 Å². The van der Waals surface area contributed by atoms with Crippen molar-refractivity contribution in [1.29, 1.82) is 0 Å². The van der Waals surface area contributed by atoms with E-state index < -0.39 is 48.9 Å². The van der Waals surface area contributed by atoms with E-state index in [4.69, 9.17) is 9.31 Å². The van der Waals surface area contributed by atoms with Gasteiger partial charge < -0.3 is 14.2 Å². The molecular weight excluding hydrogens is 358 g/mol. The summed E-state index contributed by atoms with van der Waals surface area (Å²) in [4.78, 5) is 13.3. The number of carbonyl (C=O) groups excluding carboxylic acids is 1. The number of benzene rings is 1. The van der Waals surface area contributed by atoms with Gasteiger partial charge in [0.1, 0.15) is 5.82 Å². The van der Waals surface area contributed by atoms with E-state index >= 15 is 0 Å². The van der Waals surface area contributed by atoms with Crippen LogP contribution in [-0.4, -0.2) is 48.1 Å². The van der Waals surface area contributed by atoms with Crippen LogP contribution < -0.4 is 5.46 Å². The molecule has 2 fully saturated rings. The van der Waals surface area contributed by atoms with E-state index in [-0.39, 0.29) is 12.1 Å². The molecule has 1 aromatic carbocycles. The lowest BCUT2D eigenvalue weighted by molar-refractivity contribution is 0.00578. The lowest BCUT2D eigenvalue weighted by atomic mass is 9.78. The summed E-state index contributed by atoms with van der Waals surface area (Å²) in [5, 5.41) is 0. The summed E-state index contributed by atoms with van der Waals surface area (Å²) in [5.74, 6) is -4.41. The Labute approximate surface area is 159 Å². The van der Waals surface area contributed by atoms with Crippen molar-refractivity contribution >= 4 is 18.5 Å². The highest BCUT2D eigenvalue weighted by Crippen LogP contribution is 2.36. The van der Waals surface area contributed by atoms with Crippen molar-refractivity contribution in [1.82, 2.24) is 4.90 Å². The molecule has 0 bridgehead atoms. The van der Waals surface area contributed by atoms with E-state index in [0.717, 1.165) is 4.90 Å². The van der Waals surface area contributed by atoms with Gasteiger partial charge in [0.15, 0.2) is 0 Å². The standard InChI is InChI=1S/C17H21BF3NO3.C2H6/c1-15(2)16(3,4)25-18(24-15)11-5-6-12(13(19)9-11)14(23)22-8-7-17(20,21)10-22;1-2/h5-6,9H,7-8,10H2,1-4H3;1-2H3. The Kier molecular flexibility index (Phi) is 6.02. The van der Waals surface area contributed by atoms with Gasteiger partial charge in [0.05, 0.1) is 23.3 Å². The number of amides is 1. The fourth-order valence-corrected chi connectivity index (χ4v) is 2.91. The molecule has 0 atom stereocenters. The summed E-state index contributed by atoms with van der Waals surface area (Å²) in [5.41, 5.74) is -0.912. The highest BCUT2D eigenvalue weighted by molar-refractivity contribution is 6.62. The molecule has 2 heterocycles. The van der Waals surface area contributed by atoms with E-state index in [1.807, 2.05) is 41.5 Å². The molecule has 27 heavy (non-hydrogen) atoms. The van der Waals surface area contributed by atoms with Gasteiger partial charge in [0, 0.05) is 13.0 Å². The van der Waals surface area contributed by atoms with Crippen LogP contribution in [0.5, 0.6) is 0 Å². The van der Waals surface area contributed by atoms with Crippen molar-refractivity contribution in [2.24, 2.45) is 0 Å². The third kappa shape index (κ3) is 4.32. The molecule has 2 saturated heterocycles. The van der Waals surface area contributed by atoms with Crippen molar-refractivity contribution in [2.75, 3.05) is 13.1 Å². The van der Waals surface area contributed by atoms with Gasteiger partial charge >= 0.3 is 7.12 Å². The number of alkyl halides is 2. The molecule has 1 amide bonds. The summed E-state index contributed by atoms with van der Waals surface area (Å²) in [6, 6.07) is 4.00. The van der Waals surface area contributed by atoms with Gasteiger partial charge in [0.25, 0.3) is 11.8 Å². The molecule has 0 unspecified atom stereocenters. The molecule has 0 aromatic heterocycles. The molecule has 3 rings (SSSR count). The number of carbonyl (C=O) groups is 1. The van der Waals surface area contributed by atoms with Gasteiger partial charge in [-0.2, -0.15) is 0 Å². The minimum Gasteiger partial charge on any atom is -0.399 e. The van der Waals surface area contributed by atoms with Crippen LogP contribution in [0.15, 0.2) is 18.2 Å². The third-order valence-electron chi connectivity index (χ3n) is 5.21. The topological polar surface area (TPSA) is 38.8 Å². The molecule has 0 saturated carbocycles. The smallest absolute Gasteiger partial charge is 0.399 e. The number of likely N-dealkylation sites (tertiary alicyclic amines) is 1. The highest BCUT2D eigenvalue weighted by atomic mass is 19.3. The summed E-state index contributed by atoms with van der Waals surface area (Å²) in [6.07, 6.45) is -0.396. The van der Waals surface area contributed by atoms with Gasteiger partial charge in [-0.3, -0.25) is 4.79 Å². The van der Waals surface area contributed by atoms with Gasteiger partial charge in [-0.15, -0.1) is 0 Å². The Bertz CT molecular complexity index is 693. The molecule has 0 radical (unpaired) electrons. The number of halogens is 3. The van der Waals surface area contributed by atoms with Crippen LogP contribution in [0.3, 0.4) is 0 Å². The molecule has 0 spiro atoms. The quantitative estimate of drug-likeness (QED) is 0.730. The number of nitrogens with zero attached hydrogens (tertiary/aromatic N) is 1. The van der Waals surface area contributed by atoms with Crippen LogP contribution in [0.4, 0.5) is 13.2 Å². The molecule has 150 valence electrons. The maximum Gasteiger partial charge on any atom is 0.494 e. The second-order valence-corrected chi connectivity index (χ2v) is 7.66. The van der Waals surface area contributed by atoms with E-state index in [1.54, 1.807) is 0 Å². The normalized spacial score (nSPS) is 22.4. The first kappa shape index (κ1) is 21.8. The van der Waals surface area contributed by atoms with Crippen LogP contribution in [-0.2, 0) is 9.31 Å². The molecule has 0 N–H and O–H groups in total. The van der Waals surface area contributed by atoms with E-state index in [0.29, 0.717) is 5.46 Å². The van der Waals surface area contributed by atoms with Crippen molar-refractivity contribution in [3.8, 4) is 0 Å². The first-order valence-corrected chi connectivity index (χ1v) is 9.24. The lowest BCUT2D eigenvalue weighted by Crippen LogP contribution is -2.41. The predicted octanol–water partition coefficient (Wildman–Crippen LogP) is 3.63. The van der Waals surface area contributed by atoms with Crippen molar-refractivity contribution < 1.29 is 27.3 Å². The first-order valence-electron chi connectivity index (χ1n) is 9.24. The fourth-order valence-electron chi connectivity index (χ4n) is 2.91. The average Bonchev–Trinajstić information content (AvgIpc) is 3.04. The van der Waals surface area contributed by atoms with Crippen LogP contribution in [0.1, 0.15) is 58.3 Å². The van der Waals surface area contributed by atoms with Gasteiger partial charge in [0.2, 0.25) is 0 Å². The largest absolute Gasteiger partial charge is 0.494 e. The van der Waals surface area contributed by atoms with Gasteiger partial charge in [-0.05, 0) is 45.3 Å². The van der Waals surface area contributed by atoms with E-state index in [2.05, 4.69) is 0 Å². The Hall–Kier alpha value is -1.54. The second-order valence-electron chi connectivity index (χ2n) is 7.66. The number of rotatable bonds is 2. The SMILES string of the molecule is CC.CC1(C)OB(c2ccc(C(=O)N3CCC(F)(F)C3)c(F)c2)OC1(C)C. The van der Waals surface area contributed by atoms with E-state index in [9.17, 15) is 18.0 Å². The zero-order chi connectivity index (χ0) is 20.6. The number of hydrogen-bond donors (Lipinski definition) is 0. The zero-order valence-corrected chi connectivity index (χ0v) is 16.7. The van der Waals surface area contributed by atoms with E-state index in [1.165, 1.54) is 18.2 Å². The summed E-state index contributed by atoms with van der Waals surface area (Å²) < 4.78 is 52.7. The molecule has 0 aliphatic carbocycles. The molecule has 8 heteroatoms. The van der Waals surface area contributed by atoms with Crippen LogP contribution in [0, 0.1) is 5.82 Å². The minimum atomic E-state index is -2.91. The summed E-state index contributed by atoms with van der Waals surface area (Å²) >= 11 is 0. The number of hydrogen-bond acceptors (Lipinski definition) is 3. The third-order valence-corrected chi connectivity index (χ3v) is 5.21. The van der Waals surface area contributed by atoms with Gasteiger partial charge in [-0.1, -0.05) is 19.9 Å². The maximum absolute atomic E-state index is 14.4. The monoisotopic (exact) mass is 385 g/mol. The maximum atomic E-state index is 14.4. The average molecular weight is 385 g/mol. The lowest BCUT2D eigenvalue weighted by Gasteiger charge is -2.32. The molecule has 4 nitrogen and oxygen atoms in total. The van der Waals surface area contributed by atoms with Crippen molar-refractivity contribution in [3.63, 3.8) is 0 Å². The van der Waals surface area contributed by atoms with Crippen molar-refractivity contribution in [2.45, 2.75) is 65.1 Å². The van der Waals surface area contributed by atoms with Crippen LogP contribution in [0.25, 0.3) is 0 Å².